The van der Waals surface area contributed by atoms with Crippen molar-refractivity contribution in [2.24, 2.45) is 7.05 Å². The fraction of sp³-hybridized carbons (Fsp3) is 0.227. The number of pyridine rings is 1. The summed E-state index contributed by atoms with van der Waals surface area (Å²) in [6, 6.07) is 13.7. The molecule has 0 saturated carbocycles. The highest BCUT2D eigenvalue weighted by Gasteiger charge is 2.21. The average molecular weight is 326 g/mol. The van der Waals surface area contributed by atoms with Crippen LogP contribution in [0.1, 0.15) is 28.3 Å². The van der Waals surface area contributed by atoms with Gasteiger partial charge in [0.25, 0.3) is 0 Å². The van der Waals surface area contributed by atoms with Gasteiger partial charge >= 0.3 is 6.04 Å². The Morgan fingerprint density at radius 1 is 1.12 bits per heavy atom. The normalized spacial score (nSPS) is 11.8. The van der Waals surface area contributed by atoms with E-state index in [1.807, 2.05) is 30.5 Å². The summed E-state index contributed by atoms with van der Waals surface area (Å²) >= 11 is 0. The zero-order valence-corrected chi connectivity index (χ0v) is 15.0. The van der Waals surface area contributed by atoms with Crippen molar-refractivity contribution in [1.29, 1.82) is 5.26 Å². The van der Waals surface area contributed by atoms with Crippen molar-refractivity contribution in [2.75, 3.05) is 0 Å². The van der Waals surface area contributed by atoms with E-state index < -0.39 is 6.04 Å². The molecule has 0 fully saturated rings. The topological polar surface area (TPSA) is 32.0 Å². The van der Waals surface area contributed by atoms with E-state index in [-0.39, 0.29) is 0 Å². The number of hydrogen-bond donors (Lipinski definition) is 0. The van der Waals surface area contributed by atoms with Crippen LogP contribution in [0.4, 0.5) is 0 Å². The molecule has 122 valence electrons. The van der Waals surface area contributed by atoms with Gasteiger partial charge in [0.2, 0.25) is 5.69 Å². The van der Waals surface area contributed by atoms with Gasteiger partial charge in [0.1, 0.15) is 7.05 Å². The van der Waals surface area contributed by atoms with E-state index in [0.717, 1.165) is 22.0 Å². The molecule has 3 heteroatoms. The van der Waals surface area contributed by atoms with Crippen LogP contribution in [-0.4, -0.2) is 0 Å². The maximum absolute atomic E-state index is 9.16. The second-order valence-electron chi connectivity index (χ2n) is 6.54. The summed E-state index contributed by atoms with van der Waals surface area (Å²) < 4.78 is 2.14. The van der Waals surface area contributed by atoms with E-state index >= 15 is 0 Å². The molecule has 3 rings (SSSR count). The Labute approximate surface area is 148 Å². The first-order valence-electron chi connectivity index (χ1n) is 8.23. The van der Waals surface area contributed by atoms with E-state index in [0.29, 0.717) is 0 Å². The smallest absolute Gasteiger partial charge is 0.292 e. The Hall–Kier alpha value is -3.17. The van der Waals surface area contributed by atoms with Gasteiger partial charge in [0.05, 0.1) is 10.9 Å². The highest BCUT2D eigenvalue weighted by molar-refractivity contribution is 5.94. The predicted molar refractivity (Wildman–Crippen MR) is 99.7 cm³/mol. The number of aromatic nitrogens is 1. The molecule has 3 nitrogen and oxygen atoms in total. The number of fused-ring (bicyclic) bond motifs is 1. The van der Waals surface area contributed by atoms with Crippen molar-refractivity contribution in [3.05, 3.63) is 76.3 Å². The van der Waals surface area contributed by atoms with Crippen LogP contribution in [0, 0.1) is 38.7 Å². The van der Waals surface area contributed by atoms with Crippen LogP contribution in [0.15, 0.2) is 42.6 Å². The van der Waals surface area contributed by atoms with Crippen molar-refractivity contribution in [3.8, 4) is 17.3 Å². The molecule has 0 radical (unpaired) electrons. The minimum absolute atomic E-state index is 0.746. The third-order valence-corrected chi connectivity index (χ3v) is 4.80. The molecule has 1 unspecified atom stereocenters. The first-order chi connectivity index (χ1) is 12.0. The molecule has 0 saturated heterocycles. The highest BCUT2D eigenvalue weighted by atomic mass is 14.9. The number of aryl methyl sites for hydroxylation is 3. The molecule has 0 aliphatic heterocycles. The van der Waals surface area contributed by atoms with Crippen molar-refractivity contribution in [1.82, 2.24) is 0 Å². The number of nitrogens with zero attached hydrogens (tertiary/aromatic N) is 3. The van der Waals surface area contributed by atoms with Gasteiger partial charge in [-0.2, -0.15) is 5.26 Å². The number of rotatable bonds is 2. The second kappa shape index (κ2) is 6.38. The third-order valence-electron chi connectivity index (χ3n) is 4.80. The lowest BCUT2D eigenvalue weighted by atomic mass is 9.93. The fourth-order valence-corrected chi connectivity index (χ4v) is 3.36. The highest BCUT2D eigenvalue weighted by Crippen LogP contribution is 2.32. The lowest BCUT2D eigenvalue weighted by Crippen LogP contribution is -2.30. The summed E-state index contributed by atoms with van der Waals surface area (Å²) in [5.74, 6) is 0. The standard InChI is InChI=1S/C22H20N3/c1-14-10-15(2)16(3)20(11-14)22-19-7-6-18(21(13-23)24-4)12-17(19)8-9-25(22)5/h6-12,21H,1-3,5H3/q+1. The Morgan fingerprint density at radius 3 is 2.56 bits per heavy atom. The van der Waals surface area contributed by atoms with E-state index in [4.69, 9.17) is 11.8 Å². The number of benzene rings is 2. The van der Waals surface area contributed by atoms with Crippen LogP contribution in [0.5, 0.6) is 0 Å². The van der Waals surface area contributed by atoms with Gasteiger partial charge in [0, 0.05) is 11.6 Å². The van der Waals surface area contributed by atoms with Crippen LogP contribution < -0.4 is 4.57 Å². The summed E-state index contributed by atoms with van der Waals surface area (Å²) in [6.07, 6.45) is 2.04. The van der Waals surface area contributed by atoms with Crippen LogP contribution in [0.2, 0.25) is 0 Å². The second-order valence-corrected chi connectivity index (χ2v) is 6.54. The largest absolute Gasteiger partial charge is 0.332 e. The van der Waals surface area contributed by atoms with Crippen molar-refractivity contribution in [2.45, 2.75) is 26.8 Å². The molecule has 0 bridgehead atoms. The summed E-state index contributed by atoms with van der Waals surface area (Å²) in [5, 5.41) is 11.3. The van der Waals surface area contributed by atoms with Gasteiger partial charge < -0.3 is 0 Å². The first-order valence-corrected chi connectivity index (χ1v) is 8.23. The summed E-state index contributed by atoms with van der Waals surface area (Å²) in [5.41, 5.74) is 6.92. The minimum atomic E-state index is -0.746. The maximum Gasteiger partial charge on any atom is 0.332 e. The van der Waals surface area contributed by atoms with Crippen LogP contribution in [0.3, 0.4) is 0 Å². The van der Waals surface area contributed by atoms with Gasteiger partial charge in [-0.25, -0.2) is 11.1 Å². The van der Waals surface area contributed by atoms with Gasteiger partial charge in [-0.05, 0) is 61.5 Å². The lowest BCUT2D eigenvalue weighted by molar-refractivity contribution is -0.659. The van der Waals surface area contributed by atoms with E-state index in [1.165, 1.54) is 22.3 Å². The zero-order chi connectivity index (χ0) is 18.1. The maximum atomic E-state index is 9.16. The summed E-state index contributed by atoms with van der Waals surface area (Å²) in [4.78, 5) is 3.40. The Kier molecular flexibility index (Phi) is 4.26. The average Bonchev–Trinajstić information content (AvgIpc) is 2.59. The Morgan fingerprint density at radius 2 is 1.88 bits per heavy atom. The molecule has 1 atom stereocenters. The lowest BCUT2D eigenvalue weighted by Gasteiger charge is -2.11. The molecule has 0 amide bonds. The molecular weight excluding hydrogens is 306 g/mol. The van der Waals surface area contributed by atoms with E-state index in [1.54, 1.807) is 0 Å². The monoisotopic (exact) mass is 326 g/mol. The Bertz CT molecular complexity index is 1050. The van der Waals surface area contributed by atoms with Crippen molar-refractivity contribution < 1.29 is 4.57 Å². The van der Waals surface area contributed by atoms with Crippen LogP contribution in [0.25, 0.3) is 26.9 Å². The minimum Gasteiger partial charge on any atom is -0.292 e. The summed E-state index contributed by atoms with van der Waals surface area (Å²) in [7, 11) is 2.05. The third kappa shape index (κ3) is 2.86. The number of nitriles is 1. The first kappa shape index (κ1) is 16.7. The molecule has 0 aliphatic rings. The van der Waals surface area contributed by atoms with Crippen molar-refractivity contribution in [3.63, 3.8) is 0 Å². The quantitative estimate of drug-likeness (QED) is 0.494. The molecule has 0 N–H and O–H groups in total. The zero-order valence-electron chi connectivity index (χ0n) is 15.0. The SMILES string of the molecule is [C-]#[N+]C(C#N)c1ccc2c(-c3cc(C)cc(C)c3C)[n+](C)ccc2c1. The molecule has 2 aromatic carbocycles. The molecule has 1 aromatic heterocycles. The van der Waals surface area contributed by atoms with E-state index in [9.17, 15) is 0 Å². The number of hydrogen-bond acceptors (Lipinski definition) is 1. The molecule has 0 spiro atoms. The van der Waals surface area contributed by atoms with Crippen LogP contribution in [-0.2, 0) is 7.05 Å². The molecular formula is C22H20N3+. The fourth-order valence-electron chi connectivity index (χ4n) is 3.36. The Balaban J connectivity index is 2.32. The van der Waals surface area contributed by atoms with Gasteiger partial charge in [-0.15, -0.1) is 0 Å². The van der Waals surface area contributed by atoms with Gasteiger partial charge in [0.15, 0.2) is 12.3 Å². The molecule has 3 aromatic rings. The van der Waals surface area contributed by atoms with Crippen LogP contribution >= 0.6 is 0 Å². The summed E-state index contributed by atoms with van der Waals surface area (Å²) in [6.45, 7) is 13.6. The predicted octanol–water partition coefficient (Wildman–Crippen LogP) is 4.74. The molecule has 0 aliphatic carbocycles. The van der Waals surface area contributed by atoms with Gasteiger partial charge in [-0.3, -0.25) is 4.85 Å². The van der Waals surface area contributed by atoms with E-state index in [2.05, 4.69) is 55.4 Å². The molecule has 25 heavy (non-hydrogen) atoms. The van der Waals surface area contributed by atoms with Crippen molar-refractivity contribution >= 4 is 10.8 Å². The van der Waals surface area contributed by atoms with Gasteiger partial charge in [-0.1, -0.05) is 11.6 Å². The molecule has 1 heterocycles.